The minimum atomic E-state index is 0.463. The normalized spacial score (nSPS) is 23.3. The summed E-state index contributed by atoms with van der Waals surface area (Å²) >= 11 is 2.04. The summed E-state index contributed by atoms with van der Waals surface area (Å²) in [7, 11) is 1.74. The highest BCUT2D eigenvalue weighted by Gasteiger charge is 2.24. The van der Waals surface area contributed by atoms with Crippen molar-refractivity contribution >= 4 is 11.8 Å². The van der Waals surface area contributed by atoms with Crippen LogP contribution < -0.4 is 10.1 Å². The van der Waals surface area contributed by atoms with Gasteiger partial charge >= 0.3 is 0 Å². The van der Waals surface area contributed by atoms with Gasteiger partial charge < -0.3 is 10.1 Å². The first kappa shape index (κ1) is 13.8. The van der Waals surface area contributed by atoms with Crippen LogP contribution in [0.25, 0.3) is 0 Å². The third kappa shape index (κ3) is 3.01. The van der Waals surface area contributed by atoms with E-state index in [0.717, 1.165) is 18.0 Å². The molecule has 18 heavy (non-hydrogen) atoms. The van der Waals surface area contributed by atoms with Crippen LogP contribution in [-0.4, -0.2) is 19.4 Å². The van der Waals surface area contributed by atoms with Crippen molar-refractivity contribution in [3.63, 3.8) is 0 Å². The molecule has 1 aliphatic heterocycles. The SMILES string of the molecule is CCCNC1c2cc(OC)ccc2CSCC1C. The summed E-state index contributed by atoms with van der Waals surface area (Å²) in [5, 5.41) is 3.70. The summed E-state index contributed by atoms with van der Waals surface area (Å²) in [6.07, 6.45) is 1.18. The molecule has 0 aliphatic carbocycles. The second-order valence-electron chi connectivity index (χ2n) is 4.99. The largest absolute Gasteiger partial charge is 0.497 e. The van der Waals surface area contributed by atoms with E-state index in [9.17, 15) is 0 Å². The van der Waals surface area contributed by atoms with Crippen LogP contribution in [0.2, 0.25) is 0 Å². The third-order valence-corrected chi connectivity index (χ3v) is 4.79. The van der Waals surface area contributed by atoms with Crippen molar-refractivity contribution in [3.8, 4) is 5.75 Å². The van der Waals surface area contributed by atoms with Crippen LogP contribution in [0.3, 0.4) is 0 Å². The van der Waals surface area contributed by atoms with Gasteiger partial charge in [-0.2, -0.15) is 11.8 Å². The molecular weight excluding hydrogens is 242 g/mol. The molecule has 1 N–H and O–H groups in total. The zero-order valence-corrected chi connectivity index (χ0v) is 12.3. The molecule has 2 atom stereocenters. The molecular formula is C15H23NOS. The molecule has 2 rings (SSSR count). The third-order valence-electron chi connectivity index (χ3n) is 3.51. The predicted octanol–water partition coefficient (Wildman–Crippen LogP) is 3.62. The van der Waals surface area contributed by atoms with Gasteiger partial charge in [0.2, 0.25) is 0 Å². The number of methoxy groups -OCH3 is 1. The van der Waals surface area contributed by atoms with E-state index in [0.29, 0.717) is 12.0 Å². The van der Waals surface area contributed by atoms with Gasteiger partial charge in [0.25, 0.3) is 0 Å². The molecule has 3 heteroatoms. The Morgan fingerprint density at radius 1 is 1.44 bits per heavy atom. The minimum absolute atomic E-state index is 0.463. The first-order valence-corrected chi connectivity index (χ1v) is 7.89. The zero-order chi connectivity index (χ0) is 13.0. The Balaban J connectivity index is 2.32. The van der Waals surface area contributed by atoms with Gasteiger partial charge in [0, 0.05) is 11.8 Å². The van der Waals surface area contributed by atoms with Crippen LogP contribution in [0.1, 0.15) is 37.4 Å². The summed E-state index contributed by atoms with van der Waals surface area (Å²) in [5.74, 6) is 3.97. The van der Waals surface area contributed by atoms with Crippen molar-refractivity contribution in [1.82, 2.24) is 5.32 Å². The molecule has 0 saturated carbocycles. The number of nitrogens with one attached hydrogen (secondary N) is 1. The highest BCUT2D eigenvalue weighted by molar-refractivity contribution is 7.98. The molecule has 0 saturated heterocycles. The molecule has 1 heterocycles. The van der Waals surface area contributed by atoms with E-state index in [1.165, 1.54) is 23.3 Å². The molecule has 0 radical (unpaired) electrons. The standard InChI is InChI=1S/C15H23NOS/c1-4-7-16-15-11(2)9-18-10-12-5-6-13(17-3)8-14(12)15/h5-6,8,11,15-16H,4,7,9-10H2,1-3H3. The van der Waals surface area contributed by atoms with E-state index >= 15 is 0 Å². The number of fused-ring (bicyclic) bond motifs is 1. The van der Waals surface area contributed by atoms with E-state index in [-0.39, 0.29) is 0 Å². The number of hydrogen-bond donors (Lipinski definition) is 1. The maximum absolute atomic E-state index is 5.37. The highest BCUT2D eigenvalue weighted by Crippen LogP contribution is 2.36. The van der Waals surface area contributed by atoms with Gasteiger partial charge in [0.15, 0.2) is 0 Å². The smallest absolute Gasteiger partial charge is 0.119 e. The fraction of sp³-hybridized carbons (Fsp3) is 0.600. The molecule has 0 aromatic heterocycles. The maximum Gasteiger partial charge on any atom is 0.119 e. The maximum atomic E-state index is 5.37. The fourth-order valence-electron chi connectivity index (χ4n) is 2.49. The lowest BCUT2D eigenvalue weighted by atomic mass is 9.92. The highest BCUT2D eigenvalue weighted by atomic mass is 32.2. The molecule has 2 unspecified atom stereocenters. The molecule has 0 spiro atoms. The lowest BCUT2D eigenvalue weighted by Crippen LogP contribution is -2.28. The summed E-state index contributed by atoms with van der Waals surface area (Å²) in [5.41, 5.74) is 2.89. The fourth-order valence-corrected chi connectivity index (χ4v) is 3.65. The molecule has 2 nitrogen and oxygen atoms in total. The van der Waals surface area contributed by atoms with Gasteiger partial charge in [-0.1, -0.05) is 19.9 Å². The number of thioether (sulfide) groups is 1. The van der Waals surface area contributed by atoms with Crippen molar-refractivity contribution in [2.24, 2.45) is 5.92 Å². The van der Waals surface area contributed by atoms with Gasteiger partial charge in [0.05, 0.1) is 7.11 Å². The van der Waals surface area contributed by atoms with Crippen molar-refractivity contribution in [3.05, 3.63) is 29.3 Å². The average Bonchev–Trinajstić information content (AvgIpc) is 2.54. The van der Waals surface area contributed by atoms with Crippen LogP contribution in [0.4, 0.5) is 0 Å². The molecule has 1 aliphatic rings. The van der Waals surface area contributed by atoms with Gasteiger partial charge in [-0.3, -0.25) is 0 Å². The minimum Gasteiger partial charge on any atom is -0.497 e. The Labute approximate surface area is 114 Å². The molecule has 1 aromatic carbocycles. The second kappa shape index (κ2) is 6.48. The number of rotatable bonds is 4. The van der Waals surface area contributed by atoms with Crippen molar-refractivity contribution in [1.29, 1.82) is 0 Å². The Morgan fingerprint density at radius 3 is 3.00 bits per heavy atom. The van der Waals surface area contributed by atoms with Crippen LogP contribution in [0.15, 0.2) is 18.2 Å². The number of benzene rings is 1. The average molecular weight is 265 g/mol. The molecule has 0 fully saturated rings. The summed E-state index contributed by atoms with van der Waals surface area (Å²) in [6.45, 7) is 5.64. The first-order valence-electron chi connectivity index (χ1n) is 6.74. The summed E-state index contributed by atoms with van der Waals surface area (Å²) < 4.78 is 5.37. The van der Waals surface area contributed by atoms with E-state index in [1.807, 2.05) is 11.8 Å². The lowest BCUT2D eigenvalue weighted by Gasteiger charge is -2.25. The molecule has 1 aromatic rings. The van der Waals surface area contributed by atoms with Gasteiger partial charge in [-0.15, -0.1) is 0 Å². The van der Waals surface area contributed by atoms with Crippen molar-refractivity contribution in [2.75, 3.05) is 19.4 Å². The van der Waals surface area contributed by atoms with E-state index < -0.39 is 0 Å². The van der Waals surface area contributed by atoms with Crippen molar-refractivity contribution < 1.29 is 4.74 Å². The summed E-state index contributed by atoms with van der Waals surface area (Å²) in [6, 6.07) is 6.97. The van der Waals surface area contributed by atoms with Crippen LogP contribution in [0, 0.1) is 5.92 Å². The van der Waals surface area contributed by atoms with E-state index in [2.05, 4.69) is 37.4 Å². The van der Waals surface area contributed by atoms with Crippen LogP contribution in [0.5, 0.6) is 5.75 Å². The molecule has 0 bridgehead atoms. The van der Waals surface area contributed by atoms with E-state index in [1.54, 1.807) is 7.11 Å². The molecule has 0 amide bonds. The van der Waals surface area contributed by atoms with E-state index in [4.69, 9.17) is 4.74 Å². The van der Waals surface area contributed by atoms with Crippen LogP contribution >= 0.6 is 11.8 Å². The van der Waals surface area contributed by atoms with Crippen molar-refractivity contribution in [2.45, 2.75) is 32.1 Å². The predicted molar refractivity (Wildman–Crippen MR) is 79.4 cm³/mol. The Morgan fingerprint density at radius 2 is 2.28 bits per heavy atom. The zero-order valence-electron chi connectivity index (χ0n) is 11.5. The monoisotopic (exact) mass is 265 g/mol. The second-order valence-corrected chi connectivity index (χ2v) is 6.02. The number of ether oxygens (including phenoxy) is 1. The molecule has 100 valence electrons. The van der Waals surface area contributed by atoms with Crippen LogP contribution in [-0.2, 0) is 5.75 Å². The Hall–Kier alpha value is -0.670. The quantitative estimate of drug-likeness (QED) is 0.898. The Kier molecular flexibility index (Phi) is 4.95. The first-order chi connectivity index (χ1) is 8.76. The van der Waals surface area contributed by atoms with Gasteiger partial charge in [-0.25, -0.2) is 0 Å². The Bertz CT molecular complexity index is 394. The topological polar surface area (TPSA) is 21.3 Å². The summed E-state index contributed by atoms with van der Waals surface area (Å²) in [4.78, 5) is 0. The number of hydrogen-bond acceptors (Lipinski definition) is 3. The van der Waals surface area contributed by atoms with Gasteiger partial charge in [-0.05, 0) is 47.9 Å². The lowest BCUT2D eigenvalue weighted by molar-refractivity contribution is 0.402. The van der Waals surface area contributed by atoms with Gasteiger partial charge in [0.1, 0.15) is 5.75 Å².